The molecule has 2 aromatic rings. The van der Waals surface area contributed by atoms with E-state index in [0.29, 0.717) is 25.4 Å². The number of benzene rings is 1. The Morgan fingerprint density at radius 3 is 2.75 bits per heavy atom. The van der Waals surface area contributed by atoms with Crippen LogP contribution in [-0.2, 0) is 13.1 Å². The van der Waals surface area contributed by atoms with E-state index in [1.54, 1.807) is 6.07 Å². The largest absolute Gasteiger partial charge is 0.504 e. The van der Waals surface area contributed by atoms with Crippen molar-refractivity contribution in [2.75, 3.05) is 6.61 Å². The van der Waals surface area contributed by atoms with E-state index in [1.807, 2.05) is 32.9 Å². The van der Waals surface area contributed by atoms with Crippen LogP contribution in [0.4, 0.5) is 0 Å². The van der Waals surface area contributed by atoms with Gasteiger partial charge in [0.1, 0.15) is 5.76 Å². The minimum Gasteiger partial charge on any atom is -0.504 e. The maximum Gasteiger partial charge on any atom is 0.162 e. The van der Waals surface area contributed by atoms with Gasteiger partial charge in [-0.2, -0.15) is 0 Å². The summed E-state index contributed by atoms with van der Waals surface area (Å²) in [4.78, 5) is 0. The van der Waals surface area contributed by atoms with Crippen LogP contribution in [-0.4, -0.2) is 16.9 Å². The average molecular weight is 276 g/mol. The summed E-state index contributed by atoms with van der Waals surface area (Å²) in [5.41, 5.74) is 2.76. The van der Waals surface area contributed by atoms with Gasteiger partial charge in [0.2, 0.25) is 0 Å². The van der Waals surface area contributed by atoms with Crippen molar-refractivity contribution in [1.29, 1.82) is 0 Å². The fourth-order valence-corrected chi connectivity index (χ4v) is 2.06. The van der Waals surface area contributed by atoms with Crippen molar-refractivity contribution in [1.82, 2.24) is 10.5 Å². The molecular weight excluding hydrogens is 256 g/mol. The molecule has 0 fully saturated rings. The topological polar surface area (TPSA) is 67.5 Å². The Bertz CT molecular complexity index is 559. The highest BCUT2D eigenvalue weighted by Crippen LogP contribution is 2.29. The molecule has 0 aliphatic heterocycles. The van der Waals surface area contributed by atoms with Crippen LogP contribution in [0.15, 0.2) is 22.7 Å². The maximum absolute atomic E-state index is 10.1. The molecule has 1 aromatic heterocycles. The third-order valence-electron chi connectivity index (χ3n) is 3.18. The number of para-hydroxylation sites is 1. The zero-order valence-electron chi connectivity index (χ0n) is 12.1. The summed E-state index contributed by atoms with van der Waals surface area (Å²) < 4.78 is 10.5. The molecule has 0 bridgehead atoms. The van der Waals surface area contributed by atoms with Crippen molar-refractivity contribution < 1.29 is 14.4 Å². The molecule has 108 valence electrons. The van der Waals surface area contributed by atoms with E-state index < -0.39 is 0 Å². The van der Waals surface area contributed by atoms with Crippen LogP contribution in [0, 0.1) is 13.8 Å². The van der Waals surface area contributed by atoms with Gasteiger partial charge < -0.3 is 19.7 Å². The molecule has 0 radical (unpaired) electrons. The fourth-order valence-electron chi connectivity index (χ4n) is 2.06. The zero-order chi connectivity index (χ0) is 14.5. The number of hydrogen-bond acceptors (Lipinski definition) is 5. The number of phenolic OH excluding ortho intramolecular Hbond substituents is 1. The van der Waals surface area contributed by atoms with Crippen molar-refractivity contribution in [2.45, 2.75) is 33.9 Å². The van der Waals surface area contributed by atoms with E-state index in [2.05, 4.69) is 10.5 Å². The second-order valence-corrected chi connectivity index (χ2v) is 4.60. The number of nitrogens with zero attached hydrogens (tertiary/aromatic N) is 1. The Hall–Kier alpha value is -2.01. The smallest absolute Gasteiger partial charge is 0.162 e. The molecule has 20 heavy (non-hydrogen) atoms. The Morgan fingerprint density at radius 1 is 1.30 bits per heavy atom. The molecule has 5 nitrogen and oxygen atoms in total. The van der Waals surface area contributed by atoms with Gasteiger partial charge in [0.15, 0.2) is 11.5 Å². The monoisotopic (exact) mass is 276 g/mol. The molecule has 1 heterocycles. The van der Waals surface area contributed by atoms with Crippen LogP contribution in [0.5, 0.6) is 11.5 Å². The first kappa shape index (κ1) is 14.4. The molecule has 5 heteroatoms. The number of phenols is 1. The summed E-state index contributed by atoms with van der Waals surface area (Å²) in [6, 6.07) is 5.51. The first-order valence-corrected chi connectivity index (χ1v) is 6.69. The lowest BCUT2D eigenvalue weighted by Gasteiger charge is -2.10. The van der Waals surface area contributed by atoms with Gasteiger partial charge in [-0.15, -0.1) is 0 Å². The highest BCUT2D eigenvalue weighted by Gasteiger charge is 2.10. The number of hydrogen-bond donors (Lipinski definition) is 2. The van der Waals surface area contributed by atoms with Crippen LogP contribution in [0.1, 0.15) is 29.5 Å². The van der Waals surface area contributed by atoms with Crippen molar-refractivity contribution in [3.8, 4) is 11.5 Å². The first-order valence-electron chi connectivity index (χ1n) is 6.69. The van der Waals surface area contributed by atoms with Crippen molar-refractivity contribution >= 4 is 0 Å². The summed E-state index contributed by atoms with van der Waals surface area (Å²) >= 11 is 0. The predicted molar refractivity (Wildman–Crippen MR) is 75.8 cm³/mol. The summed E-state index contributed by atoms with van der Waals surface area (Å²) in [6.07, 6.45) is 0. The van der Waals surface area contributed by atoms with E-state index in [4.69, 9.17) is 9.26 Å². The third-order valence-corrected chi connectivity index (χ3v) is 3.18. The maximum atomic E-state index is 10.1. The fraction of sp³-hybridized carbons (Fsp3) is 0.400. The van der Waals surface area contributed by atoms with Gasteiger partial charge in [0.25, 0.3) is 0 Å². The molecule has 0 unspecified atom stereocenters. The van der Waals surface area contributed by atoms with Crippen molar-refractivity contribution in [3.63, 3.8) is 0 Å². The molecule has 0 atom stereocenters. The lowest BCUT2D eigenvalue weighted by atomic mass is 10.1. The normalized spacial score (nSPS) is 10.8. The SMILES string of the molecule is CCOc1cccc(CNCc2c(C)noc2C)c1O. The van der Waals surface area contributed by atoms with Crippen LogP contribution in [0.2, 0.25) is 0 Å². The predicted octanol–water partition coefficient (Wildman–Crippen LogP) is 2.69. The summed E-state index contributed by atoms with van der Waals surface area (Å²) in [5, 5.41) is 17.3. The zero-order valence-corrected chi connectivity index (χ0v) is 12.1. The molecular formula is C15H20N2O3. The van der Waals surface area contributed by atoms with E-state index in [-0.39, 0.29) is 5.75 Å². The molecule has 0 spiro atoms. The quantitative estimate of drug-likeness (QED) is 0.849. The van der Waals surface area contributed by atoms with Crippen molar-refractivity contribution in [2.24, 2.45) is 0 Å². The number of aryl methyl sites for hydroxylation is 2. The summed E-state index contributed by atoms with van der Waals surface area (Å²) in [5.74, 6) is 1.53. The summed E-state index contributed by atoms with van der Waals surface area (Å²) in [6.45, 7) is 7.44. The van der Waals surface area contributed by atoms with E-state index in [1.165, 1.54) is 0 Å². The lowest BCUT2D eigenvalue weighted by Crippen LogP contribution is -2.14. The van der Waals surface area contributed by atoms with E-state index >= 15 is 0 Å². The molecule has 1 aromatic carbocycles. The highest BCUT2D eigenvalue weighted by molar-refractivity contribution is 5.45. The van der Waals surface area contributed by atoms with Crippen LogP contribution < -0.4 is 10.1 Å². The van der Waals surface area contributed by atoms with Crippen LogP contribution in [0.3, 0.4) is 0 Å². The molecule has 0 saturated heterocycles. The minimum absolute atomic E-state index is 0.195. The average Bonchev–Trinajstić information content (AvgIpc) is 2.74. The van der Waals surface area contributed by atoms with Gasteiger partial charge in [-0.1, -0.05) is 17.3 Å². The van der Waals surface area contributed by atoms with E-state index in [9.17, 15) is 5.11 Å². The lowest BCUT2D eigenvalue weighted by molar-refractivity contribution is 0.316. The molecule has 2 N–H and O–H groups in total. The first-order chi connectivity index (χ1) is 9.63. The number of ether oxygens (including phenoxy) is 1. The van der Waals surface area contributed by atoms with Gasteiger partial charge in [-0.05, 0) is 26.8 Å². The molecule has 0 amide bonds. The van der Waals surface area contributed by atoms with Gasteiger partial charge in [-0.3, -0.25) is 0 Å². The van der Waals surface area contributed by atoms with Gasteiger partial charge in [-0.25, -0.2) is 0 Å². The standard InChI is InChI=1S/C15H20N2O3/c1-4-19-14-7-5-6-12(15(14)18)8-16-9-13-10(2)17-20-11(13)3/h5-7,16,18H,4,8-9H2,1-3H3. The Balaban J connectivity index is 1.99. The number of aromatic nitrogens is 1. The Labute approximate surface area is 118 Å². The third kappa shape index (κ3) is 3.11. The highest BCUT2D eigenvalue weighted by atomic mass is 16.5. The minimum atomic E-state index is 0.195. The van der Waals surface area contributed by atoms with Gasteiger partial charge in [0.05, 0.1) is 12.3 Å². The van der Waals surface area contributed by atoms with Crippen LogP contribution >= 0.6 is 0 Å². The van der Waals surface area contributed by atoms with Gasteiger partial charge in [0, 0.05) is 24.2 Å². The molecule has 0 aliphatic carbocycles. The molecule has 0 saturated carbocycles. The summed E-state index contributed by atoms with van der Waals surface area (Å²) in [7, 11) is 0. The second-order valence-electron chi connectivity index (χ2n) is 4.60. The second kappa shape index (κ2) is 6.43. The Morgan fingerprint density at radius 2 is 2.10 bits per heavy atom. The number of nitrogens with one attached hydrogen (secondary N) is 1. The molecule has 0 aliphatic rings. The van der Waals surface area contributed by atoms with Crippen LogP contribution in [0.25, 0.3) is 0 Å². The van der Waals surface area contributed by atoms with Crippen molar-refractivity contribution in [3.05, 3.63) is 40.8 Å². The van der Waals surface area contributed by atoms with Gasteiger partial charge >= 0.3 is 0 Å². The number of rotatable bonds is 6. The number of aromatic hydroxyl groups is 1. The Kier molecular flexibility index (Phi) is 4.63. The molecule has 2 rings (SSSR count). The van der Waals surface area contributed by atoms with E-state index in [0.717, 1.165) is 22.6 Å².